The van der Waals surface area contributed by atoms with Crippen LogP contribution in [0.2, 0.25) is 0 Å². The lowest BCUT2D eigenvalue weighted by Crippen LogP contribution is -1.93. The average molecular weight is 170 g/mol. The Labute approximate surface area is 72.4 Å². The van der Waals surface area contributed by atoms with E-state index in [9.17, 15) is 9.59 Å². The highest BCUT2D eigenvalue weighted by Gasteiger charge is 1.92. The van der Waals surface area contributed by atoms with Crippen molar-refractivity contribution in [2.45, 2.75) is 26.2 Å². The monoisotopic (exact) mass is 170 g/mol. The molecule has 68 valence electrons. The number of rotatable bonds is 5. The summed E-state index contributed by atoms with van der Waals surface area (Å²) >= 11 is 0. The van der Waals surface area contributed by atoms with E-state index >= 15 is 0 Å². The van der Waals surface area contributed by atoms with Crippen molar-refractivity contribution in [3.8, 4) is 0 Å². The van der Waals surface area contributed by atoms with Crippen LogP contribution in [0.3, 0.4) is 0 Å². The Balaban J connectivity index is 3.36. The van der Waals surface area contributed by atoms with Gasteiger partial charge in [-0.2, -0.15) is 0 Å². The van der Waals surface area contributed by atoms with Crippen molar-refractivity contribution in [3.63, 3.8) is 0 Å². The third-order valence-electron chi connectivity index (χ3n) is 1.35. The lowest BCUT2D eigenvalue weighted by molar-refractivity contribution is -0.134. The molecule has 0 amide bonds. The van der Waals surface area contributed by atoms with Crippen LogP contribution in [0, 0.1) is 0 Å². The Bertz CT molecular complexity index is 182. The molecule has 0 heterocycles. The van der Waals surface area contributed by atoms with Crippen molar-refractivity contribution >= 4 is 11.8 Å². The van der Waals surface area contributed by atoms with Gasteiger partial charge in [0, 0.05) is 12.5 Å². The first-order chi connectivity index (χ1) is 5.66. The summed E-state index contributed by atoms with van der Waals surface area (Å²) in [6.45, 7) is 1.56. The van der Waals surface area contributed by atoms with Gasteiger partial charge in [-0.05, 0) is 19.8 Å². The van der Waals surface area contributed by atoms with E-state index in [1.54, 1.807) is 13.0 Å². The van der Waals surface area contributed by atoms with Crippen LogP contribution in [0.1, 0.15) is 26.2 Å². The SMILES string of the molecule is COC(=O)/C=C/CCCC(C)=O. The standard InChI is InChI=1S/C9H14O3/c1-8(10)6-4-3-5-7-9(11)12-2/h5,7H,3-4,6H2,1-2H3/b7-5+. The first-order valence-electron chi connectivity index (χ1n) is 3.90. The topological polar surface area (TPSA) is 43.4 Å². The molecule has 0 bridgehead atoms. The van der Waals surface area contributed by atoms with Crippen LogP contribution in [-0.2, 0) is 14.3 Å². The van der Waals surface area contributed by atoms with Gasteiger partial charge in [0.2, 0.25) is 0 Å². The number of allylic oxidation sites excluding steroid dienone is 1. The normalized spacial score (nSPS) is 10.2. The number of hydrogen-bond acceptors (Lipinski definition) is 3. The maximum Gasteiger partial charge on any atom is 0.330 e. The van der Waals surface area contributed by atoms with Gasteiger partial charge in [-0.25, -0.2) is 4.79 Å². The molecule has 0 aromatic rings. The van der Waals surface area contributed by atoms with Gasteiger partial charge in [0.25, 0.3) is 0 Å². The van der Waals surface area contributed by atoms with E-state index < -0.39 is 0 Å². The van der Waals surface area contributed by atoms with Gasteiger partial charge in [0.15, 0.2) is 0 Å². The molecule has 0 N–H and O–H groups in total. The summed E-state index contributed by atoms with van der Waals surface area (Å²) in [5.41, 5.74) is 0. The fraction of sp³-hybridized carbons (Fsp3) is 0.556. The molecule has 0 saturated carbocycles. The number of hydrogen-bond donors (Lipinski definition) is 0. The summed E-state index contributed by atoms with van der Waals surface area (Å²) in [4.78, 5) is 21.0. The van der Waals surface area contributed by atoms with Gasteiger partial charge in [0.05, 0.1) is 7.11 Å². The second kappa shape index (κ2) is 6.58. The highest BCUT2D eigenvalue weighted by Crippen LogP contribution is 1.97. The van der Waals surface area contributed by atoms with Crippen molar-refractivity contribution < 1.29 is 14.3 Å². The van der Waals surface area contributed by atoms with E-state index in [0.29, 0.717) is 6.42 Å². The average Bonchev–Trinajstić information content (AvgIpc) is 2.03. The summed E-state index contributed by atoms with van der Waals surface area (Å²) < 4.78 is 4.39. The molecule has 0 spiro atoms. The molecule has 0 radical (unpaired) electrons. The lowest BCUT2D eigenvalue weighted by Gasteiger charge is -1.91. The number of Topliss-reactive ketones (excluding diaryl/α,β-unsaturated/α-hetero) is 1. The summed E-state index contributed by atoms with van der Waals surface area (Å²) in [6, 6.07) is 0. The highest BCUT2D eigenvalue weighted by molar-refractivity contribution is 5.81. The van der Waals surface area contributed by atoms with Gasteiger partial charge >= 0.3 is 5.97 Å². The van der Waals surface area contributed by atoms with E-state index in [1.165, 1.54) is 13.2 Å². The number of ketones is 1. The Hall–Kier alpha value is -1.12. The van der Waals surface area contributed by atoms with Gasteiger partial charge in [0.1, 0.15) is 5.78 Å². The summed E-state index contributed by atoms with van der Waals surface area (Å²) in [7, 11) is 1.34. The highest BCUT2D eigenvalue weighted by atomic mass is 16.5. The molecule has 0 aliphatic heterocycles. The molecule has 0 saturated heterocycles. The fourth-order valence-corrected chi connectivity index (χ4v) is 0.716. The Kier molecular flexibility index (Phi) is 5.97. The zero-order chi connectivity index (χ0) is 9.40. The minimum absolute atomic E-state index is 0.182. The van der Waals surface area contributed by atoms with Crippen LogP contribution in [0.15, 0.2) is 12.2 Å². The van der Waals surface area contributed by atoms with Gasteiger partial charge < -0.3 is 9.53 Å². The van der Waals surface area contributed by atoms with Crippen molar-refractivity contribution in [2.75, 3.05) is 7.11 Å². The molecule has 0 rings (SSSR count). The maximum absolute atomic E-state index is 10.5. The number of carbonyl (C=O) groups excluding carboxylic acids is 2. The number of unbranched alkanes of at least 4 members (excludes halogenated alkanes) is 1. The molecule has 0 atom stereocenters. The molecule has 0 aliphatic rings. The minimum Gasteiger partial charge on any atom is -0.466 e. The zero-order valence-electron chi connectivity index (χ0n) is 7.50. The molecule has 0 fully saturated rings. The summed E-state index contributed by atoms with van der Waals surface area (Å²) in [5, 5.41) is 0. The first-order valence-corrected chi connectivity index (χ1v) is 3.90. The number of carbonyl (C=O) groups is 2. The van der Waals surface area contributed by atoms with E-state index in [4.69, 9.17) is 0 Å². The van der Waals surface area contributed by atoms with Gasteiger partial charge in [-0.3, -0.25) is 0 Å². The lowest BCUT2D eigenvalue weighted by atomic mass is 10.2. The first kappa shape index (κ1) is 10.9. The van der Waals surface area contributed by atoms with E-state index in [2.05, 4.69) is 4.74 Å². The molecule has 0 aromatic carbocycles. The zero-order valence-corrected chi connectivity index (χ0v) is 7.50. The second-order valence-corrected chi connectivity index (χ2v) is 2.52. The summed E-state index contributed by atoms with van der Waals surface area (Å²) in [5.74, 6) is -0.167. The number of methoxy groups -OCH3 is 1. The molecule has 3 nitrogen and oxygen atoms in total. The van der Waals surface area contributed by atoms with Gasteiger partial charge in [-0.15, -0.1) is 0 Å². The third-order valence-corrected chi connectivity index (χ3v) is 1.35. The Morgan fingerprint density at radius 3 is 2.58 bits per heavy atom. The quantitative estimate of drug-likeness (QED) is 0.356. The van der Waals surface area contributed by atoms with Crippen LogP contribution in [0.25, 0.3) is 0 Å². The third kappa shape index (κ3) is 6.99. The smallest absolute Gasteiger partial charge is 0.330 e. The molecule has 0 aliphatic carbocycles. The predicted molar refractivity (Wildman–Crippen MR) is 45.7 cm³/mol. The van der Waals surface area contributed by atoms with E-state index in [0.717, 1.165) is 12.8 Å². The molecule has 3 heteroatoms. The molecular formula is C9H14O3. The van der Waals surface area contributed by atoms with Crippen LogP contribution in [-0.4, -0.2) is 18.9 Å². The molecule has 12 heavy (non-hydrogen) atoms. The summed E-state index contributed by atoms with van der Waals surface area (Å²) in [6.07, 6.45) is 5.21. The van der Waals surface area contributed by atoms with Crippen molar-refractivity contribution in [1.29, 1.82) is 0 Å². The van der Waals surface area contributed by atoms with Crippen molar-refractivity contribution in [3.05, 3.63) is 12.2 Å². The minimum atomic E-state index is -0.349. The Morgan fingerprint density at radius 2 is 2.08 bits per heavy atom. The molecule has 0 aromatic heterocycles. The van der Waals surface area contributed by atoms with Gasteiger partial charge in [-0.1, -0.05) is 6.08 Å². The van der Waals surface area contributed by atoms with Crippen LogP contribution in [0.5, 0.6) is 0 Å². The van der Waals surface area contributed by atoms with Crippen LogP contribution < -0.4 is 0 Å². The van der Waals surface area contributed by atoms with Crippen molar-refractivity contribution in [2.24, 2.45) is 0 Å². The molecule has 0 unspecified atom stereocenters. The van der Waals surface area contributed by atoms with Crippen LogP contribution >= 0.6 is 0 Å². The number of esters is 1. The molecular weight excluding hydrogens is 156 g/mol. The largest absolute Gasteiger partial charge is 0.466 e. The maximum atomic E-state index is 10.5. The van der Waals surface area contributed by atoms with E-state index in [-0.39, 0.29) is 11.8 Å². The van der Waals surface area contributed by atoms with Crippen LogP contribution in [0.4, 0.5) is 0 Å². The Morgan fingerprint density at radius 1 is 1.42 bits per heavy atom. The number of ether oxygens (including phenoxy) is 1. The second-order valence-electron chi connectivity index (χ2n) is 2.52. The van der Waals surface area contributed by atoms with Crippen molar-refractivity contribution in [1.82, 2.24) is 0 Å². The fourth-order valence-electron chi connectivity index (χ4n) is 0.716. The van der Waals surface area contributed by atoms with E-state index in [1.807, 2.05) is 0 Å². The predicted octanol–water partition coefficient (Wildman–Crippen LogP) is 1.47.